The van der Waals surface area contributed by atoms with E-state index < -0.39 is 4.87 Å². The van der Waals surface area contributed by atoms with Gasteiger partial charge in [-0.2, -0.15) is 0 Å². The van der Waals surface area contributed by atoms with Crippen LogP contribution in [0.2, 0.25) is 10.0 Å². The number of rotatable bonds is 1. The van der Waals surface area contributed by atoms with Gasteiger partial charge in [0.15, 0.2) is 0 Å². The summed E-state index contributed by atoms with van der Waals surface area (Å²) in [6, 6.07) is 12.3. The number of amides is 2. The molecule has 1 atom stereocenters. The van der Waals surface area contributed by atoms with Gasteiger partial charge in [-0.1, -0.05) is 41.4 Å². The van der Waals surface area contributed by atoms with Gasteiger partial charge in [-0.3, -0.25) is 14.5 Å². The molecular formula is C16H10Cl2N2O2S. The Bertz CT molecular complexity index is 858. The third-order valence-electron chi connectivity index (χ3n) is 3.98. The molecule has 4 rings (SSSR count). The lowest BCUT2D eigenvalue weighted by Crippen LogP contribution is -2.47. The van der Waals surface area contributed by atoms with Gasteiger partial charge in [0, 0.05) is 16.9 Å². The van der Waals surface area contributed by atoms with Crippen LogP contribution in [0.3, 0.4) is 0 Å². The fourth-order valence-corrected chi connectivity index (χ4v) is 4.61. The Morgan fingerprint density at radius 2 is 1.87 bits per heavy atom. The van der Waals surface area contributed by atoms with Crippen molar-refractivity contribution >= 4 is 58.2 Å². The highest BCUT2D eigenvalue weighted by molar-refractivity contribution is 8.02. The molecule has 1 unspecified atom stereocenters. The molecule has 0 aromatic heterocycles. The van der Waals surface area contributed by atoms with Gasteiger partial charge >= 0.3 is 0 Å². The number of fused-ring (bicyclic) bond motifs is 2. The van der Waals surface area contributed by atoms with Crippen molar-refractivity contribution in [3.63, 3.8) is 0 Å². The predicted molar refractivity (Wildman–Crippen MR) is 93.2 cm³/mol. The zero-order chi connectivity index (χ0) is 16.2. The first-order chi connectivity index (χ1) is 11.0. The lowest BCUT2D eigenvalue weighted by molar-refractivity contribution is -0.122. The first-order valence-corrected chi connectivity index (χ1v) is 8.61. The summed E-state index contributed by atoms with van der Waals surface area (Å²) in [5.74, 6) is -0.136. The van der Waals surface area contributed by atoms with Crippen LogP contribution in [-0.4, -0.2) is 17.6 Å². The fraction of sp³-hybridized carbons (Fsp3) is 0.125. The molecule has 2 aliphatic heterocycles. The summed E-state index contributed by atoms with van der Waals surface area (Å²) in [5.41, 5.74) is 2.07. The summed E-state index contributed by atoms with van der Waals surface area (Å²) in [6.07, 6.45) is 0. The molecule has 0 radical (unpaired) electrons. The molecule has 1 saturated heterocycles. The van der Waals surface area contributed by atoms with Crippen molar-refractivity contribution in [1.82, 2.24) is 0 Å². The molecule has 1 N–H and O–H groups in total. The van der Waals surface area contributed by atoms with Crippen LogP contribution in [0.1, 0.15) is 5.56 Å². The number of carbonyl (C=O) groups is 2. The highest BCUT2D eigenvalue weighted by Gasteiger charge is 2.58. The molecule has 2 aliphatic rings. The summed E-state index contributed by atoms with van der Waals surface area (Å²) in [6.45, 7) is 0. The van der Waals surface area contributed by atoms with Gasteiger partial charge in [0.05, 0.1) is 15.8 Å². The van der Waals surface area contributed by atoms with Gasteiger partial charge in [0.2, 0.25) is 10.8 Å². The second-order valence-corrected chi connectivity index (χ2v) is 7.24. The number of nitrogens with one attached hydrogen (secondary N) is 1. The number of carbonyl (C=O) groups excluding carboxylic acids is 2. The van der Waals surface area contributed by atoms with Crippen LogP contribution >= 0.6 is 35.0 Å². The van der Waals surface area contributed by atoms with Crippen molar-refractivity contribution < 1.29 is 9.59 Å². The Balaban J connectivity index is 1.93. The Morgan fingerprint density at radius 1 is 1.09 bits per heavy atom. The highest BCUT2D eigenvalue weighted by Crippen LogP contribution is 2.53. The maximum Gasteiger partial charge on any atom is 0.266 e. The fourth-order valence-electron chi connectivity index (χ4n) is 3.00. The van der Waals surface area contributed by atoms with E-state index in [-0.39, 0.29) is 17.6 Å². The quantitative estimate of drug-likeness (QED) is 0.835. The predicted octanol–water partition coefficient (Wildman–Crippen LogP) is 3.88. The molecule has 2 heterocycles. The normalized spacial score (nSPS) is 22.6. The lowest BCUT2D eigenvalue weighted by atomic mass is 10.0. The number of nitrogens with zero attached hydrogens (tertiary/aromatic N) is 1. The van der Waals surface area contributed by atoms with Crippen LogP contribution in [0.25, 0.3) is 0 Å². The molecule has 0 bridgehead atoms. The van der Waals surface area contributed by atoms with Crippen molar-refractivity contribution in [2.24, 2.45) is 0 Å². The minimum absolute atomic E-state index is 0.139. The van der Waals surface area contributed by atoms with Crippen molar-refractivity contribution in [3.8, 4) is 0 Å². The SMILES string of the molecule is O=C1CSC2(C(=O)Nc3ccccc32)N1c1ccc(Cl)c(Cl)c1. The van der Waals surface area contributed by atoms with Crippen LogP contribution < -0.4 is 10.2 Å². The largest absolute Gasteiger partial charge is 0.323 e. The molecule has 7 heteroatoms. The van der Waals surface area contributed by atoms with E-state index in [0.29, 0.717) is 15.7 Å². The van der Waals surface area contributed by atoms with E-state index in [4.69, 9.17) is 23.2 Å². The average molecular weight is 365 g/mol. The number of anilines is 2. The molecule has 2 aromatic rings. The Kier molecular flexibility index (Phi) is 3.34. The number of thioether (sulfide) groups is 1. The molecule has 2 aromatic carbocycles. The monoisotopic (exact) mass is 364 g/mol. The number of para-hydroxylation sites is 1. The molecule has 116 valence electrons. The van der Waals surface area contributed by atoms with E-state index in [1.165, 1.54) is 16.7 Å². The second kappa shape index (κ2) is 5.16. The zero-order valence-electron chi connectivity index (χ0n) is 11.7. The van der Waals surface area contributed by atoms with E-state index >= 15 is 0 Å². The summed E-state index contributed by atoms with van der Waals surface area (Å²) in [5, 5.41) is 3.61. The van der Waals surface area contributed by atoms with E-state index in [1.54, 1.807) is 18.2 Å². The van der Waals surface area contributed by atoms with Crippen LogP contribution in [-0.2, 0) is 14.5 Å². The van der Waals surface area contributed by atoms with E-state index in [2.05, 4.69) is 5.32 Å². The molecule has 0 saturated carbocycles. The minimum Gasteiger partial charge on any atom is -0.323 e. The maximum atomic E-state index is 12.8. The van der Waals surface area contributed by atoms with E-state index in [1.807, 2.05) is 24.3 Å². The average Bonchev–Trinajstić information content (AvgIpc) is 3.02. The third-order valence-corrected chi connectivity index (χ3v) is 6.11. The van der Waals surface area contributed by atoms with Crippen molar-refractivity contribution in [2.75, 3.05) is 16.0 Å². The van der Waals surface area contributed by atoms with Gasteiger partial charge in [0.1, 0.15) is 0 Å². The molecule has 2 amide bonds. The van der Waals surface area contributed by atoms with Gasteiger partial charge in [-0.05, 0) is 24.3 Å². The lowest BCUT2D eigenvalue weighted by Gasteiger charge is -2.32. The minimum atomic E-state index is -1.09. The first kappa shape index (κ1) is 14.9. The molecule has 1 fully saturated rings. The molecule has 23 heavy (non-hydrogen) atoms. The Morgan fingerprint density at radius 3 is 2.65 bits per heavy atom. The summed E-state index contributed by atoms with van der Waals surface area (Å²) in [7, 11) is 0. The number of halogens is 2. The van der Waals surface area contributed by atoms with Crippen LogP contribution in [0.5, 0.6) is 0 Å². The van der Waals surface area contributed by atoms with Crippen molar-refractivity contribution in [3.05, 3.63) is 58.1 Å². The summed E-state index contributed by atoms with van der Waals surface area (Å²) < 4.78 is 0. The smallest absolute Gasteiger partial charge is 0.266 e. The third kappa shape index (κ3) is 2.00. The molecule has 1 spiro atoms. The second-order valence-electron chi connectivity index (χ2n) is 5.26. The number of hydrogen-bond acceptors (Lipinski definition) is 3. The molecular weight excluding hydrogens is 355 g/mol. The topological polar surface area (TPSA) is 49.4 Å². The van der Waals surface area contributed by atoms with Crippen molar-refractivity contribution in [1.29, 1.82) is 0 Å². The van der Waals surface area contributed by atoms with Crippen LogP contribution in [0.15, 0.2) is 42.5 Å². The van der Waals surface area contributed by atoms with Gasteiger partial charge < -0.3 is 5.32 Å². The van der Waals surface area contributed by atoms with Gasteiger partial charge in [-0.15, -0.1) is 11.8 Å². The van der Waals surface area contributed by atoms with E-state index in [0.717, 1.165) is 11.3 Å². The maximum absolute atomic E-state index is 12.8. The van der Waals surface area contributed by atoms with E-state index in [9.17, 15) is 9.59 Å². The molecule has 0 aliphatic carbocycles. The Hall–Kier alpha value is -1.69. The first-order valence-electron chi connectivity index (χ1n) is 6.87. The number of benzene rings is 2. The van der Waals surface area contributed by atoms with Gasteiger partial charge in [-0.25, -0.2) is 0 Å². The zero-order valence-corrected chi connectivity index (χ0v) is 14.0. The van der Waals surface area contributed by atoms with Crippen LogP contribution in [0, 0.1) is 0 Å². The van der Waals surface area contributed by atoms with Crippen LogP contribution in [0.4, 0.5) is 11.4 Å². The van der Waals surface area contributed by atoms with Crippen molar-refractivity contribution in [2.45, 2.75) is 4.87 Å². The number of hydrogen-bond donors (Lipinski definition) is 1. The standard InChI is InChI=1S/C16H10Cl2N2O2S/c17-11-6-5-9(7-12(11)18)20-14(21)8-23-16(20)10-3-1-2-4-13(10)19-15(16)22/h1-7H,8H2,(H,19,22). The Labute approximate surface area is 146 Å². The summed E-state index contributed by atoms with van der Waals surface area (Å²) >= 11 is 13.4. The van der Waals surface area contributed by atoms with Gasteiger partial charge in [0.25, 0.3) is 5.91 Å². The summed E-state index contributed by atoms with van der Waals surface area (Å²) in [4.78, 5) is 25.7. The highest BCUT2D eigenvalue weighted by atomic mass is 35.5. The molecule has 4 nitrogen and oxygen atoms in total.